The van der Waals surface area contributed by atoms with Crippen molar-refractivity contribution in [2.24, 2.45) is 0 Å². The van der Waals surface area contributed by atoms with Gasteiger partial charge in [0.2, 0.25) is 0 Å². The average molecular weight is 340 g/mol. The number of nitrogens with zero attached hydrogens (tertiary/aromatic N) is 1. The van der Waals surface area contributed by atoms with Gasteiger partial charge in [-0.25, -0.2) is 0 Å². The Morgan fingerprint density at radius 2 is 1.84 bits per heavy atom. The molecule has 1 heterocycles. The lowest BCUT2D eigenvalue weighted by Crippen LogP contribution is -2.29. The summed E-state index contributed by atoms with van der Waals surface area (Å²) in [6, 6.07) is 10.8. The number of nitrogens with one attached hydrogen (secondary N) is 1. The molecular formula is C20H24N2O3. The molecule has 0 radical (unpaired) electrons. The summed E-state index contributed by atoms with van der Waals surface area (Å²) < 4.78 is 5.37. The van der Waals surface area contributed by atoms with Gasteiger partial charge in [0.15, 0.2) is 11.5 Å². The third kappa shape index (κ3) is 3.03. The second kappa shape index (κ2) is 7.07. The molecule has 0 aliphatic carbocycles. The van der Waals surface area contributed by atoms with E-state index in [1.807, 2.05) is 30.5 Å². The van der Waals surface area contributed by atoms with Crippen LogP contribution in [0.25, 0.3) is 10.9 Å². The fourth-order valence-electron chi connectivity index (χ4n) is 3.39. The van der Waals surface area contributed by atoms with Crippen LogP contribution in [-0.4, -0.2) is 40.3 Å². The Labute approximate surface area is 147 Å². The predicted molar refractivity (Wildman–Crippen MR) is 99.4 cm³/mol. The van der Waals surface area contributed by atoms with Crippen molar-refractivity contribution in [1.29, 1.82) is 0 Å². The van der Waals surface area contributed by atoms with Crippen LogP contribution in [0.2, 0.25) is 0 Å². The van der Waals surface area contributed by atoms with Crippen LogP contribution in [-0.2, 0) is 0 Å². The molecule has 1 atom stereocenters. The molecule has 3 N–H and O–H groups in total. The second-order valence-electron chi connectivity index (χ2n) is 5.99. The summed E-state index contributed by atoms with van der Waals surface area (Å²) in [5, 5.41) is 21.5. The molecule has 3 rings (SSSR count). The first kappa shape index (κ1) is 17.2. The van der Waals surface area contributed by atoms with E-state index in [0.29, 0.717) is 5.56 Å². The van der Waals surface area contributed by atoms with E-state index in [-0.39, 0.29) is 17.5 Å². The first-order chi connectivity index (χ1) is 12.1. The molecule has 1 unspecified atom stereocenters. The number of fused-ring (bicyclic) bond motifs is 1. The highest BCUT2D eigenvalue weighted by molar-refractivity contribution is 5.85. The molecule has 0 saturated heterocycles. The van der Waals surface area contributed by atoms with E-state index in [2.05, 4.69) is 23.7 Å². The van der Waals surface area contributed by atoms with E-state index < -0.39 is 0 Å². The maximum Gasteiger partial charge on any atom is 0.162 e. The number of para-hydroxylation sites is 1. The van der Waals surface area contributed by atoms with Gasteiger partial charge >= 0.3 is 0 Å². The van der Waals surface area contributed by atoms with Crippen molar-refractivity contribution in [2.45, 2.75) is 19.9 Å². The zero-order valence-corrected chi connectivity index (χ0v) is 14.8. The quantitative estimate of drug-likeness (QED) is 0.593. The standard InChI is InChI=1S/C20H24N2O3/c1-4-22(5-2)19(14-7-6-8-18(23)20(14)24)16-12-21-17-10-9-13(25-3)11-15(16)17/h6-12,19,21,23-24H,4-5H2,1-3H3. The molecule has 5 nitrogen and oxygen atoms in total. The maximum absolute atomic E-state index is 10.5. The molecule has 2 aromatic carbocycles. The molecular weight excluding hydrogens is 316 g/mol. The number of hydrogen-bond donors (Lipinski definition) is 3. The lowest BCUT2D eigenvalue weighted by Gasteiger charge is -2.30. The third-order valence-electron chi connectivity index (χ3n) is 4.73. The number of aromatic amines is 1. The van der Waals surface area contributed by atoms with E-state index in [0.717, 1.165) is 35.3 Å². The zero-order chi connectivity index (χ0) is 18.0. The minimum Gasteiger partial charge on any atom is -0.504 e. The number of rotatable bonds is 6. The summed E-state index contributed by atoms with van der Waals surface area (Å²) in [6.07, 6.45) is 1.97. The molecule has 1 aromatic heterocycles. The van der Waals surface area contributed by atoms with Crippen molar-refractivity contribution in [2.75, 3.05) is 20.2 Å². The van der Waals surface area contributed by atoms with Crippen molar-refractivity contribution >= 4 is 10.9 Å². The highest BCUT2D eigenvalue weighted by Crippen LogP contribution is 2.41. The minimum atomic E-state index is -0.178. The molecule has 132 valence electrons. The summed E-state index contributed by atoms with van der Waals surface area (Å²) >= 11 is 0. The number of benzene rings is 2. The second-order valence-corrected chi connectivity index (χ2v) is 5.99. The van der Waals surface area contributed by atoms with Gasteiger partial charge in [0.25, 0.3) is 0 Å². The van der Waals surface area contributed by atoms with Gasteiger partial charge in [0.1, 0.15) is 5.75 Å². The summed E-state index contributed by atoms with van der Waals surface area (Å²) in [7, 11) is 1.65. The number of methoxy groups -OCH3 is 1. The highest BCUT2D eigenvalue weighted by Gasteiger charge is 2.26. The van der Waals surface area contributed by atoms with Crippen LogP contribution in [0.15, 0.2) is 42.6 Å². The number of aromatic hydroxyl groups is 2. The van der Waals surface area contributed by atoms with Gasteiger partial charge in [-0.15, -0.1) is 0 Å². The van der Waals surface area contributed by atoms with E-state index >= 15 is 0 Å². The van der Waals surface area contributed by atoms with Crippen molar-refractivity contribution < 1.29 is 14.9 Å². The molecule has 25 heavy (non-hydrogen) atoms. The maximum atomic E-state index is 10.5. The Bertz CT molecular complexity index is 869. The number of phenolic OH excluding ortho intramolecular Hbond substituents is 2. The third-order valence-corrected chi connectivity index (χ3v) is 4.73. The number of hydrogen-bond acceptors (Lipinski definition) is 4. The molecule has 0 fully saturated rings. The summed E-state index contributed by atoms with van der Waals surface area (Å²) in [4.78, 5) is 5.55. The molecule has 0 spiro atoms. The van der Waals surface area contributed by atoms with Crippen LogP contribution >= 0.6 is 0 Å². The van der Waals surface area contributed by atoms with Gasteiger partial charge in [-0.3, -0.25) is 4.90 Å². The Hall–Kier alpha value is -2.66. The number of aromatic nitrogens is 1. The number of ether oxygens (including phenoxy) is 1. The average Bonchev–Trinajstić information content (AvgIpc) is 3.05. The first-order valence-corrected chi connectivity index (χ1v) is 8.50. The normalized spacial score (nSPS) is 12.6. The van der Waals surface area contributed by atoms with Crippen LogP contribution in [0.4, 0.5) is 0 Å². The van der Waals surface area contributed by atoms with Gasteiger partial charge in [0, 0.05) is 22.7 Å². The Kier molecular flexibility index (Phi) is 4.86. The van der Waals surface area contributed by atoms with Crippen LogP contribution in [0.3, 0.4) is 0 Å². The number of H-pyrrole nitrogens is 1. The van der Waals surface area contributed by atoms with Crippen LogP contribution < -0.4 is 4.74 Å². The zero-order valence-electron chi connectivity index (χ0n) is 14.8. The highest BCUT2D eigenvalue weighted by atomic mass is 16.5. The van der Waals surface area contributed by atoms with Crippen LogP contribution in [0.5, 0.6) is 17.2 Å². The van der Waals surface area contributed by atoms with Gasteiger partial charge in [-0.1, -0.05) is 26.0 Å². The smallest absolute Gasteiger partial charge is 0.162 e. The Morgan fingerprint density at radius 3 is 2.52 bits per heavy atom. The molecule has 0 amide bonds. The summed E-state index contributed by atoms with van der Waals surface area (Å²) in [5.41, 5.74) is 2.73. The lowest BCUT2D eigenvalue weighted by molar-refractivity contribution is 0.246. The SMILES string of the molecule is CCN(CC)C(c1cccc(O)c1O)c1c[nH]c2ccc(OC)cc12. The summed E-state index contributed by atoms with van der Waals surface area (Å²) in [5.74, 6) is 0.607. The monoisotopic (exact) mass is 340 g/mol. The topological polar surface area (TPSA) is 68.7 Å². The first-order valence-electron chi connectivity index (χ1n) is 8.50. The number of phenols is 2. The Morgan fingerprint density at radius 1 is 1.08 bits per heavy atom. The lowest BCUT2D eigenvalue weighted by atomic mass is 9.95. The van der Waals surface area contributed by atoms with Crippen molar-refractivity contribution in [1.82, 2.24) is 9.88 Å². The van der Waals surface area contributed by atoms with Crippen molar-refractivity contribution in [3.05, 3.63) is 53.7 Å². The van der Waals surface area contributed by atoms with Gasteiger partial charge in [-0.2, -0.15) is 0 Å². The van der Waals surface area contributed by atoms with Gasteiger partial charge in [-0.05, 0) is 42.9 Å². The summed E-state index contributed by atoms with van der Waals surface area (Å²) in [6.45, 7) is 5.80. The largest absolute Gasteiger partial charge is 0.504 e. The fraction of sp³-hybridized carbons (Fsp3) is 0.300. The molecule has 3 aromatic rings. The van der Waals surface area contributed by atoms with Gasteiger partial charge < -0.3 is 19.9 Å². The van der Waals surface area contributed by atoms with E-state index in [1.165, 1.54) is 6.07 Å². The fourth-order valence-corrected chi connectivity index (χ4v) is 3.39. The molecule has 0 saturated carbocycles. The van der Waals surface area contributed by atoms with Crippen molar-refractivity contribution in [3.63, 3.8) is 0 Å². The van der Waals surface area contributed by atoms with E-state index in [1.54, 1.807) is 13.2 Å². The minimum absolute atomic E-state index is 0.0725. The van der Waals surface area contributed by atoms with Gasteiger partial charge in [0.05, 0.1) is 13.2 Å². The van der Waals surface area contributed by atoms with E-state index in [4.69, 9.17) is 4.74 Å². The molecule has 0 aliphatic rings. The molecule has 0 bridgehead atoms. The molecule has 0 aliphatic heterocycles. The van der Waals surface area contributed by atoms with Crippen LogP contribution in [0, 0.1) is 0 Å². The van der Waals surface area contributed by atoms with Crippen molar-refractivity contribution in [3.8, 4) is 17.2 Å². The Balaban J connectivity index is 2.23. The van der Waals surface area contributed by atoms with E-state index in [9.17, 15) is 10.2 Å². The predicted octanol–water partition coefficient (Wildman–Crippen LogP) is 4.02. The van der Waals surface area contributed by atoms with Crippen LogP contribution in [0.1, 0.15) is 31.0 Å². The molecule has 5 heteroatoms.